The summed E-state index contributed by atoms with van der Waals surface area (Å²) in [5.74, 6) is 1.11. The number of hydrogen-bond acceptors (Lipinski definition) is 2. The first-order chi connectivity index (χ1) is 12.0. The molecule has 0 amide bonds. The van der Waals surface area contributed by atoms with Gasteiger partial charge in [-0.15, -0.1) is 0 Å². The SMILES string of the molecule is Cc1cc(CC(C)C)c(C(O)c2nc3ccccc3[nH]2)c2cc[nH]c12. The average molecular weight is 333 g/mol. The molecule has 3 N–H and O–H groups in total. The number of aryl methyl sites for hydroxylation is 1. The molecule has 25 heavy (non-hydrogen) atoms. The predicted molar refractivity (Wildman–Crippen MR) is 102 cm³/mol. The van der Waals surface area contributed by atoms with E-state index in [0.29, 0.717) is 11.7 Å². The number of nitrogens with one attached hydrogen (secondary N) is 2. The zero-order valence-corrected chi connectivity index (χ0v) is 14.8. The van der Waals surface area contributed by atoms with Crippen LogP contribution in [-0.2, 0) is 6.42 Å². The minimum atomic E-state index is -0.778. The van der Waals surface area contributed by atoms with E-state index in [9.17, 15) is 5.11 Å². The van der Waals surface area contributed by atoms with Crippen LogP contribution in [0.3, 0.4) is 0 Å². The van der Waals surface area contributed by atoms with E-state index in [1.165, 1.54) is 11.1 Å². The van der Waals surface area contributed by atoms with E-state index in [-0.39, 0.29) is 0 Å². The van der Waals surface area contributed by atoms with Crippen LogP contribution < -0.4 is 0 Å². The molecule has 0 aliphatic carbocycles. The van der Waals surface area contributed by atoms with Crippen molar-refractivity contribution in [2.45, 2.75) is 33.3 Å². The molecule has 2 aromatic heterocycles. The molecule has 0 aliphatic rings. The van der Waals surface area contributed by atoms with Crippen molar-refractivity contribution < 1.29 is 5.11 Å². The minimum absolute atomic E-state index is 0.511. The number of benzene rings is 2. The number of aliphatic hydroxyl groups is 1. The number of hydrogen-bond donors (Lipinski definition) is 3. The van der Waals surface area contributed by atoms with Gasteiger partial charge in [0.15, 0.2) is 0 Å². The fourth-order valence-electron chi connectivity index (χ4n) is 3.67. The third kappa shape index (κ3) is 2.72. The van der Waals surface area contributed by atoms with Crippen molar-refractivity contribution in [2.75, 3.05) is 0 Å². The second-order valence-electron chi connectivity index (χ2n) is 7.17. The van der Waals surface area contributed by atoms with Crippen molar-refractivity contribution in [1.29, 1.82) is 0 Å². The number of imidazole rings is 1. The van der Waals surface area contributed by atoms with Crippen LogP contribution >= 0.6 is 0 Å². The molecule has 1 atom stereocenters. The summed E-state index contributed by atoms with van der Waals surface area (Å²) in [6.45, 7) is 6.52. The van der Waals surface area contributed by atoms with Gasteiger partial charge in [-0.3, -0.25) is 0 Å². The first kappa shape index (κ1) is 15.9. The first-order valence-electron chi connectivity index (χ1n) is 8.76. The summed E-state index contributed by atoms with van der Waals surface area (Å²) in [7, 11) is 0. The van der Waals surface area contributed by atoms with Crippen LogP contribution in [0.5, 0.6) is 0 Å². The van der Waals surface area contributed by atoms with Gasteiger partial charge < -0.3 is 15.1 Å². The Morgan fingerprint density at radius 3 is 2.72 bits per heavy atom. The Hall–Kier alpha value is -2.59. The summed E-state index contributed by atoms with van der Waals surface area (Å²) >= 11 is 0. The van der Waals surface area contributed by atoms with E-state index in [2.05, 4.69) is 41.8 Å². The highest BCUT2D eigenvalue weighted by molar-refractivity contribution is 5.88. The highest BCUT2D eigenvalue weighted by Crippen LogP contribution is 2.34. The first-order valence-corrected chi connectivity index (χ1v) is 8.76. The van der Waals surface area contributed by atoms with Gasteiger partial charge in [0.25, 0.3) is 0 Å². The van der Waals surface area contributed by atoms with Gasteiger partial charge in [0.05, 0.1) is 11.0 Å². The number of nitrogens with zero attached hydrogens (tertiary/aromatic N) is 1. The molecule has 0 bridgehead atoms. The average Bonchev–Trinajstić information content (AvgIpc) is 3.21. The molecule has 4 aromatic rings. The molecule has 0 spiro atoms. The molecule has 128 valence electrons. The summed E-state index contributed by atoms with van der Waals surface area (Å²) in [4.78, 5) is 11.2. The van der Waals surface area contributed by atoms with Gasteiger partial charge in [0.2, 0.25) is 0 Å². The normalized spacial score (nSPS) is 13.2. The van der Waals surface area contributed by atoms with Crippen LogP contribution in [0.25, 0.3) is 21.9 Å². The van der Waals surface area contributed by atoms with Gasteiger partial charge in [-0.2, -0.15) is 0 Å². The van der Waals surface area contributed by atoms with Gasteiger partial charge in [0, 0.05) is 22.7 Å². The third-order valence-corrected chi connectivity index (χ3v) is 4.74. The Morgan fingerprint density at radius 1 is 1.16 bits per heavy atom. The highest BCUT2D eigenvalue weighted by Gasteiger charge is 2.22. The fourth-order valence-corrected chi connectivity index (χ4v) is 3.67. The number of aliphatic hydroxyl groups excluding tert-OH is 1. The number of H-pyrrole nitrogens is 2. The van der Waals surface area contributed by atoms with Gasteiger partial charge in [-0.25, -0.2) is 4.98 Å². The molecule has 4 nitrogen and oxygen atoms in total. The molecule has 0 saturated carbocycles. The number of aromatic amines is 2. The van der Waals surface area contributed by atoms with E-state index < -0.39 is 6.10 Å². The molecular formula is C21H23N3O. The summed E-state index contributed by atoms with van der Waals surface area (Å²) in [5, 5.41) is 12.3. The van der Waals surface area contributed by atoms with E-state index in [1.54, 1.807) is 0 Å². The molecule has 2 heterocycles. The molecule has 1 unspecified atom stereocenters. The lowest BCUT2D eigenvalue weighted by Crippen LogP contribution is -2.09. The van der Waals surface area contributed by atoms with Crippen LogP contribution in [0.1, 0.15) is 42.5 Å². The van der Waals surface area contributed by atoms with Crippen molar-refractivity contribution in [3.63, 3.8) is 0 Å². The highest BCUT2D eigenvalue weighted by atomic mass is 16.3. The van der Waals surface area contributed by atoms with Crippen LogP contribution in [0.15, 0.2) is 42.6 Å². The van der Waals surface area contributed by atoms with Crippen molar-refractivity contribution in [3.05, 3.63) is 65.1 Å². The standard InChI is InChI=1S/C21H23N3O/c1-12(2)10-14-11-13(3)19-15(8-9-22-19)18(14)20(25)21-23-16-6-4-5-7-17(16)24-21/h4-9,11-12,20,22,25H,10H2,1-3H3,(H,23,24). The van der Waals surface area contributed by atoms with E-state index in [0.717, 1.165) is 33.9 Å². The molecule has 2 aromatic carbocycles. The molecule has 0 aliphatic heterocycles. The number of aromatic nitrogens is 3. The number of fused-ring (bicyclic) bond motifs is 2. The second kappa shape index (κ2) is 6.05. The summed E-state index contributed by atoms with van der Waals surface area (Å²) in [5.41, 5.74) is 6.25. The van der Waals surface area contributed by atoms with Crippen molar-refractivity contribution >= 4 is 21.9 Å². The van der Waals surface area contributed by atoms with Crippen LogP contribution in [0.2, 0.25) is 0 Å². The van der Waals surface area contributed by atoms with Crippen LogP contribution in [0, 0.1) is 12.8 Å². The van der Waals surface area contributed by atoms with Crippen molar-refractivity contribution in [3.8, 4) is 0 Å². The maximum atomic E-state index is 11.2. The molecule has 0 fully saturated rings. The molecule has 0 radical (unpaired) electrons. The Morgan fingerprint density at radius 2 is 1.96 bits per heavy atom. The number of para-hydroxylation sites is 2. The zero-order valence-electron chi connectivity index (χ0n) is 14.8. The van der Waals surface area contributed by atoms with E-state index in [1.807, 2.05) is 36.5 Å². The van der Waals surface area contributed by atoms with E-state index >= 15 is 0 Å². The Labute approximate surface area is 146 Å². The van der Waals surface area contributed by atoms with Gasteiger partial charge in [-0.1, -0.05) is 32.0 Å². The smallest absolute Gasteiger partial charge is 0.140 e. The Bertz CT molecular complexity index is 1010. The molecule has 0 saturated heterocycles. The quantitative estimate of drug-likeness (QED) is 0.510. The third-order valence-electron chi connectivity index (χ3n) is 4.74. The second-order valence-corrected chi connectivity index (χ2v) is 7.17. The summed E-state index contributed by atoms with van der Waals surface area (Å²) in [6, 6.07) is 12.1. The lowest BCUT2D eigenvalue weighted by atomic mass is 9.90. The van der Waals surface area contributed by atoms with Gasteiger partial charge in [-0.05, 0) is 48.6 Å². The molecular weight excluding hydrogens is 310 g/mol. The van der Waals surface area contributed by atoms with Gasteiger partial charge in [0.1, 0.15) is 11.9 Å². The summed E-state index contributed by atoms with van der Waals surface area (Å²) < 4.78 is 0. The number of rotatable bonds is 4. The fraction of sp³-hybridized carbons (Fsp3) is 0.286. The Balaban J connectivity index is 1.91. The lowest BCUT2D eigenvalue weighted by molar-refractivity contribution is 0.211. The maximum absolute atomic E-state index is 11.2. The topological polar surface area (TPSA) is 64.7 Å². The lowest BCUT2D eigenvalue weighted by Gasteiger charge is -2.18. The van der Waals surface area contributed by atoms with Crippen LogP contribution in [-0.4, -0.2) is 20.1 Å². The van der Waals surface area contributed by atoms with E-state index in [4.69, 9.17) is 0 Å². The predicted octanol–water partition coefficient (Wildman–Crippen LogP) is 4.63. The maximum Gasteiger partial charge on any atom is 0.140 e. The summed E-state index contributed by atoms with van der Waals surface area (Å²) in [6.07, 6.45) is 2.08. The van der Waals surface area contributed by atoms with Crippen molar-refractivity contribution in [2.24, 2.45) is 5.92 Å². The van der Waals surface area contributed by atoms with Crippen LogP contribution in [0.4, 0.5) is 0 Å². The van der Waals surface area contributed by atoms with Gasteiger partial charge >= 0.3 is 0 Å². The Kier molecular flexibility index (Phi) is 3.85. The molecule has 4 heteroatoms. The minimum Gasteiger partial charge on any atom is -0.380 e. The largest absolute Gasteiger partial charge is 0.380 e. The zero-order chi connectivity index (χ0) is 17.6. The monoisotopic (exact) mass is 333 g/mol. The molecule has 4 rings (SSSR count). The van der Waals surface area contributed by atoms with Crippen molar-refractivity contribution in [1.82, 2.24) is 15.0 Å².